The van der Waals surface area contributed by atoms with Gasteiger partial charge in [0.25, 0.3) is 11.8 Å². The molecule has 1 aliphatic rings. The van der Waals surface area contributed by atoms with Gasteiger partial charge in [-0.2, -0.15) is 0 Å². The second-order valence-electron chi connectivity index (χ2n) is 5.41. The van der Waals surface area contributed by atoms with E-state index in [4.69, 9.17) is 6.42 Å². The van der Waals surface area contributed by atoms with Gasteiger partial charge in [0.05, 0.1) is 12.6 Å². The molecule has 1 unspecified atom stereocenters. The lowest BCUT2D eigenvalue weighted by atomic mass is 10.0. The summed E-state index contributed by atoms with van der Waals surface area (Å²) in [6.45, 7) is 0.404. The number of carbonyl (C=O) groups excluding carboxylic acids is 2. The van der Waals surface area contributed by atoms with Gasteiger partial charge in [-0.25, -0.2) is 0 Å². The van der Waals surface area contributed by atoms with Crippen molar-refractivity contribution in [2.75, 3.05) is 13.1 Å². The van der Waals surface area contributed by atoms with E-state index in [9.17, 15) is 19.8 Å². The third-order valence-electron chi connectivity index (χ3n) is 3.91. The molecular formula is C17H20N2O4. The van der Waals surface area contributed by atoms with Crippen molar-refractivity contribution >= 4 is 11.8 Å². The first-order valence-corrected chi connectivity index (χ1v) is 7.49. The fourth-order valence-electron chi connectivity index (χ4n) is 2.74. The topological polar surface area (TPSA) is 89.9 Å². The Hall–Kier alpha value is -2.36. The first kappa shape index (κ1) is 17.0. The maximum atomic E-state index is 12.4. The summed E-state index contributed by atoms with van der Waals surface area (Å²) in [7, 11) is 0. The van der Waals surface area contributed by atoms with E-state index < -0.39 is 24.0 Å². The van der Waals surface area contributed by atoms with Crippen LogP contribution in [0.5, 0.6) is 0 Å². The van der Waals surface area contributed by atoms with Gasteiger partial charge in [0.1, 0.15) is 0 Å². The van der Waals surface area contributed by atoms with Gasteiger partial charge in [-0.3, -0.25) is 9.59 Å². The van der Waals surface area contributed by atoms with Crippen LogP contribution in [0.25, 0.3) is 0 Å². The molecule has 23 heavy (non-hydrogen) atoms. The Morgan fingerprint density at radius 2 is 2.00 bits per heavy atom. The van der Waals surface area contributed by atoms with Gasteiger partial charge < -0.3 is 20.4 Å². The van der Waals surface area contributed by atoms with Crippen LogP contribution in [0.4, 0.5) is 0 Å². The van der Waals surface area contributed by atoms with Crippen molar-refractivity contribution in [1.29, 1.82) is 0 Å². The summed E-state index contributed by atoms with van der Waals surface area (Å²) in [6.07, 6.45) is 2.95. The summed E-state index contributed by atoms with van der Waals surface area (Å²) in [5.41, 5.74) is 0.969. The third kappa shape index (κ3) is 3.89. The minimum Gasteiger partial charge on any atom is -0.380 e. The maximum absolute atomic E-state index is 12.4. The molecule has 0 aliphatic carbocycles. The maximum Gasteiger partial charge on any atom is 0.255 e. The zero-order valence-electron chi connectivity index (χ0n) is 12.7. The summed E-state index contributed by atoms with van der Waals surface area (Å²) in [5, 5.41) is 22.1. The van der Waals surface area contributed by atoms with Crippen LogP contribution in [0.3, 0.4) is 0 Å². The SMILES string of the molecule is C#CCNC(=O)[C@H](O)[C@@H](O)C(=O)N1CCCC1c1ccccc1. The molecule has 6 heteroatoms. The molecule has 0 bridgehead atoms. The van der Waals surface area contributed by atoms with Gasteiger partial charge in [0.2, 0.25) is 0 Å². The first-order chi connectivity index (χ1) is 11.1. The minimum absolute atomic E-state index is 0.0762. The highest BCUT2D eigenvalue weighted by Gasteiger charge is 2.38. The lowest BCUT2D eigenvalue weighted by molar-refractivity contribution is -0.153. The van der Waals surface area contributed by atoms with Gasteiger partial charge in [0.15, 0.2) is 12.2 Å². The van der Waals surface area contributed by atoms with Crippen LogP contribution in [-0.4, -0.2) is 52.2 Å². The molecule has 1 heterocycles. The van der Waals surface area contributed by atoms with Crippen LogP contribution in [0.2, 0.25) is 0 Å². The molecule has 1 saturated heterocycles. The standard InChI is InChI=1S/C17H20N2O4/c1-2-10-18-16(22)14(20)15(21)17(23)19-11-6-9-13(19)12-7-4-3-5-8-12/h1,3-5,7-8,13-15,20-21H,6,9-11H2,(H,18,22)/t13?,14-,15-/m1/s1. The molecule has 6 nitrogen and oxygen atoms in total. The number of benzene rings is 1. The molecule has 2 rings (SSSR count). The fraction of sp³-hybridized carbons (Fsp3) is 0.412. The number of likely N-dealkylation sites (tertiary alicyclic amines) is 1. The van der Waals surface area contributed by atoms with E-state index in [1.54, 1.807) is 0 Å². The highest BCUT2D eigenvalue weighted by Crippen LogP contribution is 2.32. The Balaban J connectivity index is 2.06. The number of aliphatic hydroxyl groups excluding tert-OH is 2. The monoisotopic (exact) mass is 316 g/mol. The minimum atomic E-state index is -1.84. The molecular weight excluding hydrogens is 296 g/mol. The number of hydrogen-bond acceptors (Lipinski definition) is 4. The average molecular weight is 316 g/mol. The molecule has 1 aromatic rings. The predicted molar refractivity (Wildman–Crippen MR) is 84.0 cm³/mol. The molecule has 2 amide bonds. The quantitative estimate of drug-likeness (QED) is 0.658. The lowest BCUT2D eigenvalue weighted by Crippen LogP contribution is -2.50. The number of carbonyl (C=O) groups is 2. The van der Waals surface area contributed by atoms with E-state index in [2.05, 4.69) is 11.2 Å². The smallest absolute Gasteiger partial charge is 0.255 e. The molecule has 122 valence electrons. The molecule has 1 aliphatic heterocycles. The van der Waals surface area contributed by atoms with Crippen molar-refractivity contribution in [1.82, 2.24) is 10.2 Å². The van der Waals surface area contributed by atoms with Crippen LogP contribution in [0, 0.1) is 12.3 Å². The van der Waals surface area contributed by atoms with E-state index >= 15 is 0 Å². The third-order valence-corrected chi connectivity index (χ3v) is 3.91. The van der Waals surface area contributed by atoms with Gasteiger partial charge in [0, 0.05) is 6.54 Å². The summed E-state index contributed by atoms with van der Waals surface area (Å²) in [5.74, 6) is 0.670. The summed E-state index contributed by atoms with van der Waals surface area (Å²) in [4.78, 5) is 25.6. The fourth-order valence-corrected chi connectivity index (χ4v) is 2.74. The Morgan fingerprint density at radius 1 is 1.30 bits per heavy atom. The molecule has 0 saturated carbocycles. The van der Waals surface area contributed by atoms with Crippen LogP contribution in [0.15, 0.2) is 30.3 Å². The molecule has 1 fully saturated rings. The van der Waals surface area contributed by atoms with E-state index in [0.29, 0.717) is 6.54 Å². The van der Waals surface area contributed by atoms with E-state index in [1.165, 1.54) is 4.90 Å². The number of nitrogens with one attached hydrogen (secondary N) is 1. The molecule has 0 spiro atoms. The first-order valence-electron chi connectivity index (χ1n) is 7.49. The van der Waals surface area contributed by atoms with Gasteiger partial charge in [-0.1, -0.05) is 36.3 Å². The largest absolute Gasteiger partial charge is 0.380 e. The Bertz CT molecular complexity index is 596. The van der Waals surface area contributed by atoms with Crippen molar-refractivity contribution < 1.29 is 19.8 Å². The molecule has 0 radical (unpaired) electrons. The van der Waals surface area contributed by atoms with Gasteiger partial charge in [-0.05, 0) is 18.4 Å². The predicted octanol–water partition coefficient (Wildman–Crippen LogP) is -0.179. The highest BCUT2D eigenvalue weighted by molar-refractivity contribution is 5.91. The second-order valence-corrected chi connectivity index (χ2v) is 5.41. The summed E-state index contributed by atoms with van der Waals surface area (Å²) < 4.78 is 0. The molecule has 3 N–H and O–H groups in total. The second kappa shape index (κ2) is 7.77. The summed E-state index contributed by atoms with van der Waals surface area (Å²) in [6, 6.07) is 9.33. The van der Waals surface area contributed by atoms with Crippen LogP contribution < -0.4 is 5.32 Å². The van der Waals surface area contributed by atoms with E-state index in [1.807, 2.05) is 30.3 Å². The number of terminal acetylenes is 1. The Morgan fingerprint density at radius 3 is 2.65 bits per heavy atom. The van der Waals surface area contributed by atoms with Crippen molar-refractivity contribution in [2.45, 2.75) is 31.1 Å². The van der Waals surface area contributed by atoms with Gasteiger partial charge >= 0.3 is 0 Å². The van der Waals surface area contributed by atoms with Crippen molar-refractivity contribution in [2.24, 2.45) is 0 Å². The highest BCUT2D eigenvalue weighted by atomic mass is 16.3. The zero-order chi connectivity index (χ0) is 16.8. The normalized spacial score (nSPS) is 19.7. The van der Waals surface area contributed by atoms with Crippen molar-refractivity contribution in [3.8, 4) is 12.3 Å². The van der Waals surface area contributed by atoms with E-state index in [-0.39, 0.29) is 12.6 Å². The number of amides is 2. The number of hydrogen-bond donors (Lipinski definition) is 3. The molecule has 3 atom stereocenters. The molecule has 1 aromatic carbocycles. The van der Waals surface area contributed by atoms with Crippen LogP contribution in [-0.2, 0) is 9.59 Å². The van der Waals surface area contributed by atoms with E-state index in [0.717, 1.165) is 18.4 Å². The van der Waals surface area contributed by atoms with Gasteiger partial charge in [-0.15, -0.1) is 6.42 Å². The van der Waals surface area contributed by atoms with Crippen LogP contribution in [0.1, 0.15) is 24.4 Å². The van der Waals surface area contributed by atoms with Crippen LogP contribution >= 0.6 is 0 Å². The number of rotatable bonds is 5. The number of nitrogens with zero attached hydrogens (tertiary/aromatic N) is 1. The Kier molecular flexibility index (Phi) is 5.74. The lowest BCUT2D eigenvalue weighted by Gasteiger charge is -2.28. The van der Waals surface area contributed by atoms with Crippen molar-refractivity contribution in [3.63, 3.8) is 0 Å². The zero-order valence-corrected chi connectivity index (χ0v) is 12.7. The molecule has 0 aromatic heterocycles. The number of aliphatic hydroxyl groups is 2. The van der Waals surface area contributed by atoms with Crippen molar-refractivity contribution in [3.05, 3.63) is 35.9 Å². The summed E-state index contributed by atoms with van der Waals surface area (Å²) >= 11 is 0. The Labute approximate surface area is 135 Å². The average Bonchev–Trinajstić information content (AvgIpc) is 3.08.